The molecule has 0 bridgehead atoms. The van der Waals surface area contributed by atoms with Gasteiger partial charge in [0.05, 0.1) is 46.9 Å². The van der Waals surface area contributed by atoms with E-state index in [9.17, 15) is 4.79 Å². The molecule has 0 spiro atoms. The zero-order valence-electron chi connectivity index (χ0n) is 25.6. The predicted octanol–water partition coefficient (Wildman–Crippen LogP) is 5.55. The maximum atomic E-state index is 13.1. The Balaban J connectivity index is 1.28. The fourth-order valence-corrected chi connectivity index (χ4v) is 4.71. The molecular formula is C33H35N5O6. The van der Waals surface area contributed by atoms with Crippen molar-refractivity contribution in [1.29, 1.82) is 0 Å². The summed E-state index contributed by atoms with van der Waals surface area (Å²) in [5.74, 6) is 4.84. The smallest absolute Gasteiger partial charge is 0.229 e. The molecule has 0 radical (unpaired) electrons. The normalized spacial score (nSPS) is 10.8. The second-order valence-corrected chi connectivity index (χ2v) is 10.1. The van der Waals surface area contributed by atoms with Crippen LogP contribution in [0.4, 0.5) is 11.6 Å². The Morgan fingerprint density at radius 1 is 0.773 bits per heavy atom. The van der Waals surface area contributed by atoms with Crippen LogP contribution >= 0.6 is 0 Å². The van der Waals surface area contributed by atoms with Crippen LogP contribution in [0.3, 0.4) is 0 Å². The molecule has 0 fully saturated rings. The van der Waals surface area contributed by atoms with E-state index in [0.29, 0.717) is 46.9 Å². The predicted molar refractivity (Wildman–Crippen MR) is 169 cm³/mol. The highest BCUT2D eigenvalue weighted by atomic mass is 16.5. The van der Waals surface area contributed by atoms with E-state index >= 15 is 0 Å². The van der Waals surface area contributed by atoms with Crippen LogP contribution in [-0.2, 0) is 17.8 Å². The first-order valence-electron chi connectivity index (χ1n) is 13.8. The number of hydrogen-bond acceptors (Lipinski definition) is 9. The second-order valence-electron chi connectivity index (χ2n) is 10.1. The summed E-state index contributed by atoms with van der Waals surface area (Å²) >= 11 is 0. The highest BCUT2D eigenvalue weighted by Crippen LogP contribution is 2.37. The molecule has 11 nitrogen and oxygen atoms in total. The monoisotopic (exact) mass is 597 g/mol. The Bertz CT molecular complexity index is 1770. The second kappa shape index (κ2) is 13.2. The molecule has 0 unspecified atom stereocenters. The van der Waals surface area contributed by atoms with Gasteiger partial charge in [-0.2, -0.15) is 5.10 Å². The van der Waals surface area contributed by atoms with Crippen molar-refractivity contribution in [2.75, 3.05) is 52.8 Å². The number of hydrogen-bond donors (Lipinski definition) is 1. The van der Waals surface area contributed by atoms with Gasteiger partial charge >= 0.3 is 0 Å². The summed E-state index contributed by atoms with van der Waals surface area (Å²) in [6, 6.07) is 20.4. The highest BCUT2D eigenvalue weighted by molar-refractivity contribution is 5.92. The maximum absolute atomic E-state index is 13.1. The van der Waals surface area contributed by atoms with Crippen LogP contribution in [0.5, 0.6) is 34.5 Å². The average Bonchev–Trinajstić information content (AvgIpc) is 3.43. The van der Waals surface area contributed by atoms with E-state index in [1.54, 1.807) is 45.4 Å². The molecular weight excluding hydrogens is 562 g/mol. The minimum absolute atomic E-state index is 0.168. The molecule has 5 rings (SSSR count). The van der Waals surface area contributed by atoms with Gasteiger partial charge in [0, 0.05) is 37.8 Å². The summed E-state index contributed by atoms with van der Waals surface area (Å²) in [5, 5.41) is 8.48. The van der Waals surface area contributed by atoms with E-state index < -0.39 is 0 Å². The zero-order valence-corrected chi connectivity index (χ0v) is 25.6. The molecule has 0 saturated carbocycles. The summed E-state index contributed by atoms with van der Waals surface area (Å²) in [4.78, 5) is 19.4. The van der Waals surface area contributed by atoms with E-state index in [0.717, 1.165) is 27.8 Å². The minimum atomic E-state index is -0.168. The lowest BCUT2D eigenvalue weighted by atomic mass is 10.1. The number of nitrogens with zero attached hydrogens (tertiary/aromatic N) is 4. The number of anilines is 2. The van der Waals surface area contributed by atoms with Crippen LogP contribution in [0.1, 0.15) is 11.1 Å². The zero-order chi connectivity index (χ0) is 31.2. The van der Waals surface area contributed by atoms with Gasteiger partial charge in [-0.05, 0) is 47.5 Å². The van der Waals surface area contributed by atoms with Crippen molar-refractivity contribution in [2.45, 2.75) is 13.0 Å². The van der Waals surface area contributed by atoms with E-state index in [4.69, 9.17) is 23.7 Å². The molecule has 2 aromatic heterocycles. The third-order valence-electron chi connectivity index (χ3n) is 7.00. The quantitative estimate of drug-likeness (QED) is 0.198. The number of benzene rings is 3. The Morgan fingerprint density at radius 2 is 1.43 bits per heavy atom. The Kier molecular flexibility index (Phi) is 9.03. The molecule has 0 aliphatic rings. The van der Waals surface area contributed by atoms with Gasteiger partial charge in [-0.25, -0.2) is 4.68 Å². The van der Waals surface area contributed by atoms with Crippen molar-refractivity contribution in [1.82, 2.24) is 14.8 Å². The first kappa shape index (κ1) is 30.0. The third kappa shape index (κ3) is 6.62. The Morgan fingerprint density at radius 3 is 2.11 bits per heavy atom. The molecule has 2 heterocycles. The average molecular weight is 598 g/mol. The van der Waals surface area contributed by atoms with E-state index in [1.165, 1.54) is 0 Å². The fraction of sp³-hybridized carbons (Fsp3) is 0.242. The standard InChI is InChI=1S/C33H35N5O6/c1-37(2)32-19-31(38(36-32)20-22-9-12-27(40-3)28(15-22)41-4)35-33(39)16-21-7-10-23(11-8-21)44-26-13-14-34-25-18-30(43-6)29(42-5)17-24(25)26/h7-15,17-19H,16,20H2,1-6H3,(H,35,39). The number of nitrogens with one attached hydrogen (secondary N) is 1. The summed E-state index contributed by atoms with van der Waals surface area (Å²) in [6.45, 7) is 0.429. The number of pyridine rings is 1. The third-order valence-corrected chi connectivity index (χ3v) is 7.00. The molecule has 0 aliphatic heterocycles. The summed E-state index contributed by atoms with van der Waals surface area (Å²) in [6.07, 6.45) is 1.86. The lowest BCUT2D eigenvalue weighted by molar-refractivity contribution is -0.115. The fourth-order valence-electron chi connectivity index (χ4n) is 4.71. The van der Waals surface area contributed by atoms with Crippen molar-refractivity contribution in [3.05, 3.63) is 84.1 Å². The van der Waals surface area contributed by atoms with Gasteiger partial charge in [0.15, 0.2) is 28.8 Å². The van der Waals surface area contributed by atoms with Gasteiger partial charge in [0.2, 0.25) is 5.91 Å². The van der Waals surface area contributed by atoms with Gasteiger partial charge < -0.3 is 33.9 Å². The lowest BCUT2D eigenvalue weighted by Gasteiger charge is -2.13. The number of carbonyl (C=O) groups is 1. The summed E-state index contributed by atoms with van der Waals surface area (Å²) < 4.78 is 29.6. The number of aromatic nitrogens is 3. The van der Waals surface area contributed by atoms with Crippen molar-refractivity contribution in [3.8, 4) is 34.5 Å². The van der Waals surface area contributed by atoms with Crippen molar-refractivity contribution < 1.29 is 28.5 Å². The summed E-state index contributed by atoms with van der Waals surface area (Å²) in [5.41, 5.74) is 2.50. The van der Waals surface area contributed by atoms with E-state index in [2.05, 4.69) is 15.4 Å². The topological polar surface area (TPSA) is 109 Å². The van der Waals surface area contributed by atoms with Crippen LogP contribution in [0, 0.1) is 0 Å². The number of rotatable bonds is 12. The van der Waals surface area contributed by atoms with Gasteiger partial charge in [0.1, 0.15) is 17.3 Å². The number of methoxy groups -OCH3 is 4. The first-order chi connectivity index (χ1) is 21.3. The molecule has 3 aromatic carbocycles. The van der Waals surface area contributed by atoms with Crippen molar-refractivity contribution in [3.63, 3.8) is 0 Å². The van der Waals surface area contributed by atoms with Crippen molar-refractivity contribution in [2.24, 2.45) is 0 Å². The van der Waals surface area contributed by atoms with Gasteiger partial charge in [0.25, 0.3) is 0 Å². The number of carbonyl (C=O) groups excluding carboxylic acids is 1. The number of fused-ring (bicyclic) bond motifs is 1. The molecule has 0 saturated heterocycles. The van der Waals surface area contributed by atoms with Crippen LogP contribution in [0.15, 0.2) is 72.9 Å². The molecule has 1 amide bonds. The number of amides is 1. The van der Waals surface area contributed by atoms with Crippen molar-refractivity contribution >= 4 is 28.4 Å². The van der Waals surface area contributed by atoms with Gasteiger partial charge in [-0.1, -0.05) is 18.2 Å². The van der Waals surface area contributed by atoms with Crippen LogP contribution < -0.4 is 33.9 Å². The molecule has 0 aliphatic carbocycles. The lowest BCUT2D eigenvalue weighted by Crippen LogP contribution is -2.18. The van der Waals surface area contributed by atoms with Gasteiger partial charge in [-0.3, -0.25) is 9.78 Å². The summed E-state index contributed by atoms with van der Waals surface area (Å²) in [7, 11) is 10.2. The number of ether oxygens (including phenoxy) is 5. The molecule has 11 heteroatoms. The minimum Gasteiger partial charge on any atom is -0.493 e. The Hall–Kier alpha value is -5.45. The molecule has 44 heavy (non-hydrogen) atoms. The van der Waals surface area contributed by atoms with Crippen LogP contribution in [0.2, 0.25) is 0 Å². The molecule has 228 valence electrons. The van der Waals surface area contributed by atoms with Crippen LogP contribution in [0.25, 0.3) is 10.9 Å². The Labute approximate surface area is 255 Å². The molecule has 5 aromatic rings. The molecule has 0 atom stereocenters. The first-order valence-corrected chi connectivity index (χ1v) is 13.8. The van der Waals surface area contributed by atoms with E-state index in [1.807, 2.05) is 79.7 Å². The maximum Gasteiger partial charge on any atom is 0.229 e. The van der Waals surface area contributed by atoms with E-state index in [-0.39, 0.29) is 12.3 Å². The van der Waals surface area contributed by atoms with Gasteiger partial charge in [-0.15, -0.1) is 0 Å². The SMILES string of the molecule is COc1ccc(Cn2nc(N(C)C)cc2NC(=O)Cc2ccc(Oc3ccnc4cc(OC)c(OC)cc34)cc2)cc1OC. The largest absolute Gasteiger partial charge is 0.493 e. The molecule has 1 N–H and O–H groups in total. The highest BCUT2D eigenvalue weighted by Gasteiger charge is 2.15. The van der Waals surface area contributed by atoms with Crippen LogP contribution in [-0.4, -0.2) is 63.2 Å².